The summed E-state index contributed by atoms with van der Waals surface area (Å²) in [6, 6.07) is 27.8. The molecule has 0 atom stereocenters. The topological polar surface area (TPSA) is 30.2 Å². The summed E-state index contributed by atoms with van der Waals surface area (Å²) in [7, 11) is -2.25. The van der Waals surface area contributed by atoms with Crippen molar-refractivity contribution in [1.82, 2.24) is 0 Å². The zero-order chi connectivity index (χ0) is 18.1. The van der Waals surface area contributed by atoms with Crippen LogP contribution < -0.4 is 15.8 Å². The predicted octanol–water partition coefficient (Wildman–Crippen LogP) is 4.28. The molecule has 0 unspecified atom stereocenters. The van der Waals surface area contributed by atoms with E-state index in [9.17, 15) is 4.79 Å². The van der Waals surface area contributed by atoms with Gasteiger partial charge in [-0.1, -0.05) is 91.1 Å². The molecule has 0 aliphatic carbocycles. The number of hydrogen-bond donors (Lipinski definition) is 0. The normalized spacial score (nSPS) is 11.6. The molecule has 0 fully saturated rings. The van der Waals surface area contributed by atoms with Crippen LogP contribution in [-0.2, 0) is 0 Å². The van der Waals surface area contributed by atoms with E-state index in [0.717, 1.165) is 10.8 Å². The molecule has 128 valence electrons. The highest BCUT2D eigenvalue weighted by Gasteiger charge is 2.33. The Morgan fingerprint density at radius 2 is 1.31 bits per heavy atom. The summed E-state index contributed by atoms with van der Waals surface area (Å²) in [5.74, 6) is 0.704. The lowest BCUT2D eigenvalue weighted by atomic mass is 10.1. The van der Waals surface area contributed by atoms with Crippen LogP contribution in [0.1, 0.15) is 0 Å². The van der Waals surface area contributed by atoms with Crippen molar-refractivity contribution >= 4 is 29.4 Å². The van der Waals surface area contributed by atoms with Gasteiger partial charge >= 0.3 is 0 Å². The molecule has 26 heavy (non-hydrogen) atoms. The number of rotatable bonds is 3. The molecule has 1 aromatic heterocycles. The van der Waals surface area contributed by atoms with Crippen LogP contribution in [0.25, 0.3) is 22.3 Å². The Morgan fingerprint density at radius 3 is 2.00 bits per heavy atom. The minimum absolute atomic E-state index is 0.0891. The summed E-state index contributed by atoms with van der Waals surface area (Å²) in [6.07, 6.45) is 0. The van der Waals surface area contributed by atoms with E-state index in [4.69, 9.17) is 4.42 Å². The Balaban J connectivity index is 2.10. The van der Waals surface area contributed by atoms with Gasteiger partial charge in [0.15, 0.2) is 5.43 Å². The molecule has 4 rings (SSSR count). The minimum Gasteiger partial charge on any atom is -0.456 e. The molecule has 3 aromatic carbocycles. The standard InChI is InChI=1S/C23H20O2Si/c1-26(2,18-13-7-4-8-14-18)23-21(24)19-15-9-10-16-20(19)25-22(23)17-11-5-3-6-12-17/h3-16H,1-2H3. The summed E-state index contributed by atoms with van der Waals surface area (Å²) in [4.78, 5) is 13.5. The molecule has 4 aromatic rings. The maximum atomic E-state index is 13.5. The van der Waals surface area contributed by atoms with Crippen LogP contribution in [0.15, 0.2) is 94.1 Å². The third-order valence-corrected chi connectivity index (χ3v) is 8.44. The number of para-hydroxylation sites is 1. The molecule has 2 nitrogen and oxygen atoms in total. The second-order valence-electron chi connectivity index (χ2n) is 6.99. The van der Waals surface area contributed by atoms with Gasteiger partial charge in [-0.25, -0.2) is 0 Å². The molecule has 0 aliphatic rings. The van der Waals surface area contributed by atoms with Crippen LogP contribution in [0.4, 0.5) is 0 Å². The van der Waals surface area contributed by atoms with Crippen LogP contribution in [0.3, 0.4) is 0 Å². The van der Waals surface area contributed by atoms with Crippen LogP contribution in [0, 0.1) is 0 Å². The van der Waals surface area contributed by atoms with Gasteiger partial charge in [0, 0.05) is 10.8 Å². The molecule has 0 saturated carbocycles. The molecule has 3 heteroatoms. The molecule has 0 radical (unpaired) electrons. The fraction of sp³-hybridized carbons (Fsp3) is 0.0870. The minimum atomic E-state index is -2.25. The lowest BCUT2D eigenvalue weighted by Gasteiger charge is -2.25. The SMILES string of the molecule is C[Si](C)(c1ccccc1)c1c(-c2ccccc2)oc2ccccc2c1=O. The average Bonchev–Trinajstić information content (AvgIpc) is 2.69. The Hall–Kier alpha value is -2.91. The van der Waals surface area contributed by atoms with Gasteiger partial charge in [0.25, 0.3) is 0 Å². The molecule has 1 heterocycles. The Morgan fingerprint density at radius 1 is 0.731 bits per heavy atom. The number of fused-ring (bicyclic) bond motifs is 1. The third kappa shape index (κ3) is 2.70. The van der Waals surface area contributed by atoms with Crippen LogP contribution in [0.5, 0.6) is 0 Å². The fourth-order valence-corrected chi connectivity index (χ4v) is 6.28. The highest BCUT2D eigenvalue weighted by Crippen LogP contribution is 2.23. The van der Waals surface area contributed by atoms with Gasteiger partial charge in [0.05, 0.1) is 5.39 Å². The molecule has 0 aliphatic heterocycles. The lowest BCUT2D eigenvalue weighted by molar-refractivity contribution is 0.623. The first-order valence-corrected chi connectivity index (χ1v) is 11.8. The van der Waals surface area contributed by atoms with Crippen molar-refractivity contribution in [3.63, 3.8) is 0 Å². The lowest BCUT2D eigenvalue weighted by Crippen LogP contribution is -2.59. The van der Waals surface area contributed by atoms with E-state index in [1.807, 2.05) is 72.8 Å². The summed E-state index contributed by atoms with van der Waals surface area (Å²) in [5.41, 5.74) is 1.67. The predicted molar refractivity (Wildman–Crippen MR) is 111 cm³/mol. The largest absolute Gasteiger partial charge is 0.456 e. The third-order valence-electron chi connectivity index (χ3n) is 4.95. The number of benzene rings is 3. The summed E-state index contributed by atoms with van der Waals surface area (Å²) >= 11 is 0. The van der Waals surface area contributed by atoms with Crippen molar-refractivity contribution in [2.24, 2.45) is 0 Å². The zero-order valence-corrected chi connectivity index (χ0v) is 15.9. The van der Waals surface area contributed by atoms with E-state index in [1.165, 1.54) is 5.19 Å². The average molecular weight is 356 g/mol. The summed E-state index contributed by atoms with van der Waals surface area (Å²) in [5, 5.41) is 2.70. The van der Waals surface area contributed by atoms with Gasteiger partial charge < -0.3 is 4.42 Å². The van der Waals surface area contributed by atoms with Crippen molar-refractivity contribution in [3.05, 3.63) is 95.2 Å². The zero-order valence-electron chi connectivity index (χ0n) is 14.9. The van der Waals surface area contributed by atoms with Crippen LogP contribution in [0.2, 0.25) is 13.1 Å². The van der Waals surface area contributed by atoms with Crippen molar-refractivity contribution in [1.29, 1.82) is 0 Å². The van der Waals surface area contributed by atoms with E-state index in [2.05, 4.69) is 25.2 Å². The Bertz CT molecular complexity index is 1110. The first-order chi connectivity index (χ1) is 12.6. The van der Waals surface area contributed by atoms with Crippen LogP contribution in [-0.4, -0.2) is 8.07 Å². The van der Waals surface area contributed by atoms with Gasteiger partial charge in [0.1, 0.15) is 19.4 Å². The molecular weight excluding hydrogens is 336 g/mol. The molecule has 0 spiro atoms. The van der Waals surface area contributed by atoms with Crippen molar-refractivity contribution in [2.45, 2.75) is 13.1 Å². The molecule has 0 bridgehead atoms. The first kappa shape index (κ1) is 16.5. The maximum absolute atomic E-state index is 13.5. The van der Waals surface area contributed by atoms with Gasteiger partial charge in [-0.2, -0.15) is 0 Å². The monoisotopic (exact) mass is 356 g/mol. The van der Waals surface area contributed by atoms with Gasteiger partial charge in [-0.05, 0) is 12.1 Å². The van der Waals surface area contributed by atoms with Crippen LogP contribution >= 0.6 is 0 Å². The maximum Gasteiger partial charge on any atom is 0.192 e. The molecule has 0 saturated heterocycles. The van der Waals surface area contributed by atoms with Crippen molar-refractivity contribution in [3.8, 4) is 11.3 Å². The van der Waals surface area contributed by atoms with Crippen molar-refractivity contribution in [2.75, 3.05) is 0 Å². The van der Waals surface area contributed by atoms with Crippen molar-refractivity contribution < 1.29 is 4.42 Å². The Kier molecular flexibility index (Phi) is 4.09. The fourth-order valence-electron chi connectivity index (χ4n) is 3.50. The molecule has 0 N–H and O–H groups in total. The molecule has 0 amide bonds. The first-order valence-electron chi connectivity index (χ1n) is 8.76. The Labute approximate surface area is 153 Å². The summed E-state index contributed by atoms with van der Waals surface area (Å²) < 4.78 is 6.30. The highest BCUT2D eigenvalue weighted by molar-refractivity contribution is 7.01. The quantitative estimate of drug-likeness (QED) is 0.513. The van der Waals surface area contributed by atoms with E-state index >= 15 is 0 Å². The van der Waals surface area contributed by atoms with Gasteiger partial charge in [-0.15, -0.1) is 0 Å². The number of hydrogen-bond acceptors (Lipinski definition) is 2. The second kappa shape index (κ2) is 6.43. The van der Waals surface area contributed by atoms with E-state index in [-0.39, 0.29) is 5.43 Å². The highest BCUT2D eigenvalue weighted by atomic mass is 28.3. The smallest absolute Gasteiger partial charge is 0.192 e. The summed E-state index contributed by atoms with van der Waals surface area (Å²) in [6.45, 7) is 4.44. The van der Waals surface area contributed by atoms with E-state index in [1.54, 1.807) is 0 Å². The van der Waals surface area contributed by atoms with E-state index in [0.29, 0.717) is 16.7 Å². The van der Waals surface area contributed by atoms with Gasteiger partial charge in [-0.3, -0.25) is 4.79 Å². The van der Waals surface area contributed by atoms with Gasteiger partial charge in [0.2, 0.25) is 0 Å². The molecular formula is C23H20O2Si. The van der Waals surface area contributed by atoms with E-state index < -0.39 is 8.07 Å². The second-order valence-corrected chi connectivity index (χ2v) is 11.3.